The van der Waals surface area contributed by atoms with Gasteiger partial charge in [-0.1, -0.05) is 19.9 Å². The van der Waals surface area contributed by atoms with E-state index in [4.69, 9.17) is 5.73 Å². The Morgan fingerprint density at radius 1 is 1.47 bits per heavy atom. The highest BCUT2D eigenvalue weighted by atomic mass is 32.2. The fourth-order valence-electron chi connectivity index (χ4n) is 1.55. The van der Waals surface area contributed by atoms with Crippen molar-refractivity contribution in [3.8, 4) is 0 Å². The molecule has 0 aromatic heterocycles. The lowest BCUT2D eigenvalue weighted by Crippen LogP contribution is -2.36. The molecule has 1 amide bonds. The van der Waals surface area contributed by atoms with Gasteiger partial charge in [0.05, 0.1) is 6.04 Å². The third kappa shape index (κ3) is 4.79. The predicted octanol–water partition coefficient (Wildman–Crippen LogP) is 2.72. The predicted molar refractivity (Wildman–Crippen MR) is 74.3 cm³/mol. The zero-order valence-electron chi connectivity index (χ0n) is 10.6. The van der Waals surface area contributed by atoms with Gasteiger partial charge in [-0.25, -0.2) is 0 Å². The summed E-state index contributed by atoms with van der Waals surface area (Å²) >= 11 is 1.65. The molecule has 0 saturated heterocycles. The van der Waals surface area contributed by atoms with Crippen molar-refractivity contribution < 1.29 is 4.79 Å². The first-order chi connectivity index (χ1) is 8.02. The largest absolute Gasteiger partial charge is 0.325 e. The summed E-state index contributed by atoms with van der Waals surface area (Å²) in [4.78, 5) is 12.9. The zero-order chi connectivity index (χ0) is 12.8. The average Bonchev–Trinajstić information content (AvgIpc) is 2.28. The highest BCUT2D eigenvalue weighted by Crippen LogP contribution is 2.19. The maximum Gasteiger partial charge on any atom is 0.241 e. The van der Waals surface area contributed by atoms with Crippen LogP contribution >= 0.6 is 11.8 Å². The maximum atomic E-state index is 11.8. The molecule has 0 spiro atoms. The summed E-state index contributed by atoms with van der Waals surface area (Å²) < 4.78 is 0. The minimum absolute atomic E-state index is 0.114. The van der Waals surface area contributed by atoms with Gasteiger partial charge in [-0.15, -0.1) is 11.8 Å². The number of amides is 1. The third-order valence-electron chi connectivity index (χ3n) is 2.40. The van der Waals surface area contributed by atoms with Crippen molar-refractivity contribution in [2.45, 2.75) is 31.2 Å². The fourth-order valence-corrected chi connectivity index (χ4v) is 2.01. The normalized spacial score (nSPS) is 12.5. The van der Waals surface area contributed by atoms with E-state index in [1.54, 1.807) is 11.8 Å². The van der Waals surface area contributed by atoms with Crippen LogP contribution in [0.25, 0.3) is 0 Å². The number of thioether (sulfide) groups is 1. The van der Waals surface area contributed by atoms with E-state index in [2.05, 4.69) is 19.2 Å². The minimum atomic E-state index is -0.437. The van der Waals surface area contributed by atoms with Crippen molar-refractivity contribution in [2.75, 3.05) is 11.6 Å². The Balaban J connectivity index is 2.61. The van der Waals surface area contributed by atoms with Crippen LogP contribution in [0.1, 0.15) is 20.3 Å². The van der Waals surface area contributed by atoms with Crippen LogP contribution in [0.5, 0.6) is 0 Å². The second kappa shape index (κ2) is 6.67. The van der Waals surface area contributed by atoms with Crippen molar-refractivity contribution in [2.24, 2.45) is 11.7 Å². The molecule has 0 aliphatic rings. The first-order valence-electron chi connectivity index (χ1n) is 5.73. The van der Waals surface area contributed by atoms with Crippen LogP contribution in [0.2, 0.25) is 0 Å². The van der Waals surface area contributed by atoms with Gasteiger partial charge in [-0.2, -0.15) is 0 Å². The number of carbonyl (C=O) groups excluding carboxylic acids is 1. The van der Waals surface area contributed by atoms with Crippen molar-refractivity contribution in [3.63, 3.8) is 0 Å². The van der Waals surface area contributed by atoms with Gasteiger partial charge in [0.2, 0.25) is 5.91 Å². The topological polar surface area (TPSA) is 55.1 Å². The summed E-state index contributed by atoms with van der Waals surface area (Å²) in [7, 11) is 0. The smallest absolute Gasteiger partial charge is 0.241 e. The van der Waals surface area contributed by atoms with E-state index < -0.39 is 6.04 Å². The summed E-state index contributed by atoms with van der Waals surface area (Å²) in [5.41, 5.74) is 6.63. The number of benzene rings is 1. The van der Waals surface area contributed by atoms with Gasteiger partial charge in [0, 0.05) is 10.6 Å². The number of rotatable bonds is 5. The Hall–Kier alpha value is -1.00. The number of carbonyl (C=O) groups is 1. The monoisotopic (exact) mass is 252 g/mol. The summed E-state index contributed by atoms with van der Waals surface area (Å²) in [5.74, 6) is 0.310. The van der Waals surface area contributed by atoms with Gasteiger partial charge in [-0.05, 0) is 36.8 Å². The molecule has 3 N–H and O–H groups in total. The van der Waals surface area contributed by atoms with Crippen LogP contribution in [-0.2, 0) is 4.79 Å². The minimum Gasteiger partial charge on any atom is -0.325 e. The van der Waals surface area contributed by atoms with Crippen LogP contribution in [0, 0.1) is 5.92 Å². The van der Waals surface area contributed by atoms with Crippen LogP contribution in [0.15, 0.2) is 29.2 Å². The quantitative estimate of drug-likeness (QED) is 0.792. The fraction of sp³-hybridized carbons (Fsp3) is 0.462. The Morgan fingerprint density at radius 3 is 2.76 bits per heavy atom. The molecule has 17 heavy (non-hydrogen) atoms. The number of hydrogen-bond acceptors (Lipinski definition) is 3. The van der Waals surface area contributed by atoms with Crippen molar-refractivity contribution >= 4 is 23.4 Å². The van der Waals surface area contributed by atoms with E-state index in [-0.39, 0.29) is 5.91 Å². The lowest BCUT2D eigenvalue weighted by molar-refractivity contribution is -0.117. The van der Waals surface area contributed by atoms with Gasteiger partial charge in [0.1, 0.15) is 0 Å². The van der Waals surface area contributed by atoms with Crippen molar-refractivity contribution in [1.29, 1.82) is 0 Å². The molecular formula is C13H20N2OS. The Morgan fingerprint density at radius 2 is 2.18 bits per heavy atom. The van der Waals surface area contributed by atoms with Crippen LogP contribution in [-0.4, -0.2) is 18.2 Å². The average molecular weight is 252 g/mol. The molecule has 94 valence electrons. The molecule has 0 saturated carbocycles. The molecule has 1 atom stereocenters. The zero-order valence-corrected chi connectivity index (χ0v) is 11.4. The molecule has 0 heterocycles. The van der Waals surface area contributed by atoms with Gasteiger partial charge in [-0.3, -0.25) is 4.79 Å². The second-order valence-corrected chi connectivity index (χ2v) is 5.34. The lowest BCUT2D eigenvalue weighted by Gasteiger charge is -2.14. The van der Waals surface area contributed by atoms with E-state index in [0.29, 0.717) is 12.3 Å². The van der Waals surface area contributed by atoms with E-state index in [0.717, 1.165) is 10.6 Å². The van der Waals surface area contributed by atoms with Crippen LogP contribution in [0.4, 0.5) is 5.69 Å². The molecule has 1 rings (SSSR count). The maximum absolute atomic E-state index is 11.8. The van der Waals surface area contributed by atoms with Crippen molar-refractivity contribution in [1.82, 2.24) is 0 Å². The number of anilines is 1. The van der Waals surface area contributed by atoms with Crippen molar-refractivity contribution in [3.05, 3.63) is 24.3 Å². The molecule has 3 nitrogen and oxygen atoms in total. The lowest BCUT2D eigenvalue weighted by atomic mass is 10.0. The number of nitrogens with one attached hydrogen (secondary N) is 1. The molecule has 0 radical (unpaired) electrons. The molecule has 0 bridgehead atoms. The molecule has 1 aromatic carbocycles. The summed E-state index contributed by atoms with van der Waals surface area (Å²) in [6.07, 6.45) is 2.71. The van der Waals surface area contributed by atoms with Gasteiger partial charge < -0.3 is 11.1 Å². The Labute approximate surface area is 107 Å². The third-order valence-corrected chi connectivity index (χ3v) is 3.12. The SMILES string of the molecule is CSc1cccc(NC(=O)[C@@H](N)CC(C)C)c1. The van der Waals surface area contributed by atoms with Crippen LogP contribution < -0.4 is 11.1 Å². The van der Waals surface area contributed by atoms with Gasteiger partial charge in [0.15, 0.2) is 0 Å². The van der Waals surface area contributed by atoms with Gasteiger partial charge in [0.25, 0.3) is 0 Å². The Kier molecular flexibility index (Phi) is 5.51. The molecule has 4 heteroatoms. The standard InChI is InChI=1S/C13H20N2OS/c1-9(2)7-12(14)13(16)15-10-5-4-6-11(8-10)17-3/h4-6,8-9,12H,7,14H2,1-3H3,(H,15,16)/t12-/m0/s1. The molecule has 0 fully saturated rings. The van der Waals surface area contributed by atoms with E-state index >= 15 is 0 Å². The van der Waals surface area contributed by atoms with E-state index in [1.165, 1.54) is 0 Å². The highest BCUT2D eigenvalue weighted by Gasteiger charge is 2.14. The first kappa shape index (κ1) is 14.1. The molecule has 0 aliphatic carbocycles. The summed E-state index contributed by atoms with van der Waals surface area (Å²) in [5, 5.41) is 2.84. The summed E-state index contributed by atoms with van der Waals surface area (Å²) in [6, 6.07) is 7.32. The molecule has 0 aliphatic heterocycles. The highest BCUT2D eigenvalue weighted by molar-refractivity contribution is 7.98. The first-order valence-corrected chi connectivity index (χ1v) is 6.96. The van der Waals surface area contributed by atoms with E-state index in [1.807, 2.05) is 30.5 Å². The second-order valence-electron chi connectivity index (χ2n) is 4.46. The number of hydrogen-bond donors (Lipinski definition) is 2. The van der Waals surface area contributed by atoms with Crippen LogP contribution in [0.3, 0.4) is 0 Å². The van der Waals surface area contributed by atoms with E-state index in [9.17, 15) is 4.79 Å². The van der Waals surface area contributed by atoms with Gasteiger partial charge >= 0.3 is 0 Å². The molecule has 1 aromatic rings. The summed E-state index contributed by atoms with van der Waals surface area (Å²) in [6.45, 7) is 4.11. The molecule has 0 unspecified atom stereocenters. The molecular weight excluding hydrogens is 232 g/mol. The number of nitrogens with two attached hydrogens (primary N) is 1. The Bertz CT molecular complexity index is 379.